The summed E-state index contributed by atoms with van der Waals surface area (Å²) in [7, 11) is 0. The second-order valence-electron chi connectivity index (χ2n) is 9.96. The molecule has 0 saturated carbocycles. The lowest BCUT2D eigenvalue weighted by atomic mass is 10.0. The van der Waals surface area contributed by atoms with E-state index in [0.29, 0.717) is 5.56 Å². The molecule has 3 aromatic heterocycles. The normalized spacial score (nSPS) is 11.5. The minimum absolute atomic E-state index is 0.621. The molecule has 4 heteroatoms. The maximum Gasteiger partial charge on any atom is 0.137 e. The van der Waals surface area contributed by atoms with Crippen molar-refractivity contribution in [2.75, 3.05) is 0 Å². The lowest BCUT2D eigenvalue weighted by Gasteiger charge is -2.16. The molecule has 0 radical (unpaired) electrons. The highest BCUT2D eigenvalue weighted by Crippen LogP contribution is 2.38. The zero-order valence-electron chi connectivity index (χ0n) is 21.5. The van der Waals surface area contributed by atoms with Crippen LogP contribution in [0.1, 0.15) is 5.56 Å². The SMILES string of the molecule is N#Cc1cccc(-c2ccc(-n3c4ccccc4c4ccccc43)nc2)c1-n1c2ccccc2c2ccccc21. The first-order valence-corrected chi connectivity index (χ1v) is 13.3. The molecule has 0 aliphatic heterocycles. The Morgan fingerprint density at radius 3 is 1.48 bits per heavy atom. The number of rotatable bonds is 3. The highest BCUT2D eigenvalue weighted by Gasteiger charge is 2.19. The Hall–Kier alpha value is -5.66. The van der Waals surface area contributed by atoms with Crippen molar-refractivity contribution in [2.45, 2.75) is 0 Å². The summed E-state index contributed by atoms with van der Waals surface area (Å²) in [5.41, 5.74) is 7.81. The van der Waals surface area contributed by atoms with Crippen molar-refractivity contribution in [3.05, 3.63) is 139 Å². The number of fused-ring (bicyclic) bond motifs is 6. The van der Waals surface area contributed by atoms with Crippen LogP contribution in [0.5, 0.6) is 0 Å². The minimum Gasteiger partial charge on any atom is -0.307 e. The van der Waals surface area contributed by atoms with E-state index in [1.807, 2.05) is 18.3 Å². The van der Waals surface area contributed by atoms with E-state index in [0.717, 1.165) is 55.5 Å². The van der Waals surface area contributed by atoms with E-state index >= 15 is 0 Å². The van der Waals surface area contributed by atoms with Gasteiger partial charge in [0, 0.05) is 38.9 Å². The monoisotopic (exact) mass is 510 g/mol. The summed E-state index contributed by atoms with van der Waals surface area (Å²) < 4.78 is 4.44. The summed E-state index contributed by atoms with van der Waals surface area (Å²) in [6, 6.07) is 46.2. The Balaban J connectivity index is 1.36. The van der Waals surface area contributed by atoms with E-state index in [9.17, 15) is 5.26 Å². The average Bonchev–Trinajstić information content (AvgIpc) is 3.54. The van der Waals surface area contributed by atoms with E-state index in [4.69, 9.17) is 4.98 Å². The molecule has 0 bridgehead atoms. The van der Waals surface area contributed by atoms with E-state index in [2.05, 4.69) is 130 Å². The first-order valence-electron chi connectivity index (χ1n) is 13.3. The molecule has 4 nitrogen and oxygen atoms in total. The zero-order chi connectivity index (χ0) is 26.6. The van der Waals surface area contributed by atoms with Crippen LogP contribution < -0.4 is 0 Å². The Bertz CT molecular complexity index is 2170. The quantitative estimate of drug-likeness (QED) is 0.238. The van der Waals surface area contributed by atoms with Gasteiger partial charge in [-0.25, -0.2) is 4.98 Å². The number of hydrogen-bond donors (Lipinski definition) is 0. The average molecular weight is 511 g/mol. The van der Waals surface area contributed by atoms with Crippen LogP contribution in [0.25, 0.3) is 66.2 Å². The third-order valence-corrected chi connectivity index (χ3v) is 7.83. The fraction of sp³-hybridized carbons (Fsp3) is 0. The van der Waals surface area contributed by atoms with E-state index in [1.54, 1.807) is 0 Å². The highest BCUT2D eigenvalue weighted by molar-refractivity contribution is 6.10. The Labute approximate surface area is 230 Å². The molecule has 0 fully saturated rings. The maximum absolute atomic E-state index is 10.2. The molecule has 3 heterocycles. The Morgan fingerprint density at radius 2 is 1.00 bits per heavy atom. The van der Waals surface area contributed by atoms with Crippen LogP contribution in [0.15, 0.2) is 134 Å². The van der Waals surface area contributed by atoms with Crippen molar-refractivity contribution < 1.29 is 0 Å². The maximum atomic E-state index is 10.2. The summed E-state index contributed by atoms with van der Waals surface area (Å²) in [5.74, 6) is 0.857. The topological polar surface area (TPSA) is 46.5 Å². The molecule has 0 unspecified atom stereocenters. The number of aromatic nitrogens is 3. The molecule has 0 N–H and O–H groups in total. The molecule has 8 rings (SSSR count). The van der Waals surface area contributed by atoms with Crippen molar-refractivity contribution in [3.63, 3.8) is 0 Å². The molecule has 8 aromatic rings. The fourth-order valence-corrected chi connectivity index (χ4v) is 6.12. The van der Waals surface area contributed by atoms with Gasteiger partial charge in [-0.15, -0.1) is 0 Å². The van der Waals surface area contributed by atoms with Gasteiger partial charge in [-0.2, -0.15) is 5.26 Å². The summed E-state index contributed by atoms with van der Waals surface area (Å²) in [6.45, 7) is 0. The number of benzene rings is 5. The summed E-state index contributed by atoms with van der Waals surface area (Å²) >= 11 is 0. The van der Waals surface area contributed by atoms with Gasteiger partial charge in [0.25, 0.3) is 0 Å². The van der Waals surface area contributed by atoms with Crippen LogP contribution in [0.3, 0.4) is 0 Å². The molecule has 40 heavy (non-hydrogen) atoms. The van der Waals surface area contributed by atoms with Crippen LogP contribution in [-0.2, 0) is 0 Å². The van der Waals surface area contributed by atoms with E-state index in [1.165, 1.54) is 10.8 Å². The van der Waals surface area contributed by atoms with Gasteiger partial charge < -0.3 is 4.57 Å². The lowest BCUT2D eigenvalue weighted by Crippen LogP contribution is -2.02. The fourth-order valence-electron chi connectivity index (χ4n) is 6.12. The predicted molar refractivity (Wildman–Crippen MR) is 163 cm³/mol. The number of para-hydroxylation sites is 5. The van der Waals surface area contributed by atoms with E-state index in [-0.39, 0.29) is 0 Å². The van der Waals surface area contributed by atoms with Gasteiger partial charge in [-0.1, -0.05) is 84.9 Å². The van der Waals surface area contributed by atoms with Crippen molar-refractivity contribution in [2.24, 2.45) is 0 Å². The molecule has 0 aliphatic rings. The van der Waals surface area contributed by atoms with Crippen LogP contribution in [0.2, 0.25) is 0 Å². The molecule has 0 saturated heterocycles. The third kappa shape index (κ3) is 3.15. The van der Waals surface area contributed by atoms with Crippen LogP contribution >= 0.6 is 0 Å². The van der Waals surface area contributed by atoms with Crippen molar-refractivity contribution in [3.8, 4) is 28.7 Å². The largest absolute Gasteiger partial charge is 0.307 e. The number of nitrogens with zero attached hydrogens (tertiary/aromatic N) is 4. The van der Waals surface area contributed by atoms with Crippen molar-refractivity contribution in [1.29, 1.82) is 5.26 Å². The highest BCUT2D eigenvalue weighted by atomic mass is 15.1. The van der Waals surface area contributed by atoms with E-state index < -0.39 is 0 Å². The number of pyridine rings is 1. The zero-order valence-corrected chi connectivity index (χ0v) is 21.5. The first kappa shape index (κ1) is 22.3. The van der Waals surface area contributed by atoms with Crippen LogP contribution in [-0.4, -0.2) is 14.1 Å². The third-order valence-electron chi connectivity index (χ3n) is 7.83. The van der Waals surface area contributed by atoms with Gasteiger partial charge in [0.2, 0.25) is 0 Å². The summed E-state index contributed by atoms with van der Waals surface area (Å²) in [4.78, 5) is 4.97. The molecular weight excluding hydrogens is 488 g/mol. The predicted octanol–water partition coefficient (Wildman–Crippen LogP) is 8.81. The van der Waals surface area contributed by atoms with Gasteiger partial charge in [0.1, 0.15) is 11.9 Å². The van der Waals surface area contributed by atoms with Gasteiger partial charge in [0.05, 0.1) is 33.3 Å². The van der Waals surface area contributed by atoms with Gasteiger partial charge >= 0.3 is 0 Å². The van der Waals surface area contributed by atoms with Crippen LogP contribution in [0.4, 0.5) is 0 Å². The smallest absolute Gasteiger partial charge is 0.137 e. The molecule has 0 aliphatic carbocycles. The molecular formula is C36H22N4. The minimum atomic E-state index is 0.621. The van der Waals surface area contributed by atoms with Gasteiger partial charge in [-0.05, 0) is 42.5 Å². The second kappa shape index (κ2) is 8.69. The standard InChI is InChI=1S/C36H22N4/c37-22-24-10-9-15-26(36(24)40-33-18-7-3-13-29(33)30-14-4-8-19-34(30)40)25-20-21-35(38-23-25)39-31-16-5-1-11-27(31)28-12-2-6-17-32(28)39/h1-21,23H. The number of nitriles is 1. The summed E-state index contributed by atoms with van der Waals surface area (Å²) in [5, 5.41) is 15.0. The molecule has 0 amide bonds. The second-order valence-corrected chi connectivity index (χ2v) is 9.96. The van der Waals surface area contributed by atoms with Gasteiger partial charge in [0.15, 0.2) is 0 Å². The summed E-state index contributed by atoms with van der Waals surface area (Å²) in [6.07, 6.45) is 1.92. The molecule has 0 atom stereocenters. The van der Waals surface area contributed by atoms with Crippen LogP contribution in [0, 0.1) is 11.3 Å². The molecule has 186 valence electrons. The van der Waals surface area contributed by atoms with Gasteiger partial charge in [-0.3, -0.25) is 4.57 Å². The molecule has 5 aromatic carbocycles. The van der Waals surface area contributed by atoms with Crippen molar-refractivity contribution >= 4 is 43.6 Å². The molecule has 0 spiro atoms. The Kier molecular flexibility index (Phi) is 4.85. The first-order chi connectivity index (χ1) is 19.8. The number of hydrogen-bond acceptors (Lipinski definition) is 2. The Morgan fingerprint density at radius 1 is 0.500 bits per heavy atom. The lowest BCUT2D eigenvalue weighted by molar-refractivity contribution is 1.08. The van der Waals surface area contributed by atoms with Crippen molar-refractivity contribution in [1.82, 2.24) is 14.1 Å².